The first-order chi connectivity index (χ1) is 6.38. The Morgan fingerprint density at radius 2 is 1.85 bits per heavy atom. The van der Waals surface area contributed by atoms with Crippen molar-refractivity contribution in [2.75, 3.05) is 0 Å². The Balaban J connectivity index is 2.35. The van der Waals surface area contributed by atoms with E-state index in [0.29, 0.717) is 6.04 Å². The highest BCUT2D eigenvalue weighted by molar-refractivity contribution is 4.76. The molecule has 0 aromatic carbocycles. The fourth-order valence-corrected chi connectivity index (χ4v) is 2.48. The van der Waals surface area contributed by atoms with E-state index in [1.807, 2.05) is 0 Å². The molecule has 0 aromatic rings. The van der Waals surface area contributed by atoms with Gasteiger partial charge in [-0.2, -0.15) is 0 Å². The summed E-state index contributed by atoms with van der Waals surface area (Å²) >= 11 is 0. The predicted octanol–water partition coefficient (Wildman–Crippen LogP) is 2.59. The van der Waals surface area contributed by atoms with Crippen LogP contribution in [0.4, 0.5) is 0 Å². The van der Waals surface area contributed by atoms with E-state index in [-0.39, 0.29) is 0 Å². The third-order valence-electron chi connectivity index (χ3n) is 3.28. The van der Waals surface area contributed by atoms with Gasteiger partial charge in [0.25, 0.3) is 0 Å². The largest absolute Gasteiger partial charge is 0.271 e. The Hall–Kier alpha value is -0.0800. The quantitative estimate of drug-likeness (QED) is 0.400. The highest BCUT2D eigenvalue weighted by Crippen LogP contribution is 2.26. The minimum absolute atomic E-state index is 0.572. The second kappa shape index (κ2) is 6.39. The third-order valence-corrected chi connectivity index (χ3v) is 3.28. The minimum atomic E-state index is 0.572. The van der Waals surface area contributed by atoms with E-state index in [2.05, 4.69) is 12.3 Å². The average Bonchev–Trinajstić information content (AvgIpc) is 2.42. The molecule has 1 aliphatic carbocycles. The van der Waals surface area contributed by atoms with Crippen LogP contribution in [0, 0.1) is 5.92 Å². The maximum Gasteiger partial charge on any atom is 0.0238 e. The Morgan fingerprint density at radius 3 is 2.31 bits per heavy atom. The molecule has 0 aromatic heterocycles. The van der Waals surface area contributed by atoms with Gasteiger partial charge in [-0.05, 0) is 25.2 Å². The first-order valence-corrected chi connectivity index (χ1v) is 5.84. The van der Waals surface area contributed by atoms with Crippen LogP contribution in [0.15, 0.2) is 0 Å². The molecule has 0 spiro atoms. The van der Waals surface area contributed by atoms with Gasteiger partial charge in [-0.15, -0.1) is 0 Å². The van der Waals surface area contributed by atoms with Crippen LogP contribution < -0.4 is 11.3 Å². The van der Waals surface area contributed by atoms with Crippen LogP contribution in [0.2, 0.25) is 0 Å². The van der Waals surface area contributed by atoms with Crippen LogP contribution >= 0.6 is 0 Å². The van der Waals surface area contributed by atoms with Gasteiger partial charge >= 0.3 is 0 Å². The first kappa shape index (κ1) is 11.0. The van der Waals surface area contributed by atoms with Crippen molar-refractivity contribution in [1.29, 1.82) is 0 Å². The van der Waals surface area contributed by atoms with Gasteiger partial charge in [-0.25, -0.2) is 0 Å². The van der Waals surface area contributed by atoms with Crippen molar-refractivity contribution in [1.82, 2.24) is 5.43 Å². The molecule has 78 valence electrons. The van der Waals surface area contributed by atoms with Crippen molar-refractivity contribution >= 4 is 0 Å². The highest BCUT2D eigenvalue weighted by Gasteiger charge is 2.20. The molecule has 1 rings (SSSR count). The molecule has 0 saturated heterocycles. The minimum Gasteiger partial charge on any atom is -0.271 e. The number of rotatable bonds is 4. The fourth-order valence-electron chi connectivity index (χ4n) is 2.48. The molecule has 0 aliphatic heterocycles. The summed E-state index contributed by atoms with van der Waals surface area (Å²) < 4.78 is 0. The second-order valence-corrected chi connectivity index (χ2v) is 4.31. The summed E-state index contributed by atoms with van der Waals surface area (Å²) in [6, 6.07) is 0.572. The van der Waals surface area contributed by atoms with Crippen molar-refractivity contribution in [2.24, 2.45) is 11.8 Å². The van der Waals surface area contributed by atoms with E-state index >= 15 is 0 Å². The predicted molar refractivity (Wildman–Crippen MR) is 57.2 cm³/mol. The Morgan fingerprint density at radius 1 is 1.23 bits per heavy atom. The molecule has 2 nitrogen and oxygen atoms in total. The summed E-state index contributed by atoms with van der Waals surface area (Å²) in [5, 5.41) is 0. The zero-order valence-electron chi connectivity index (χ0n) is 8.89. The Labute approximate surface area is 82.2 Å². The molecule has 1 aliphatic rings. The molecule has 0 amide bonds. The molecule has 3 N–H and O–H groups in total. The van der Waals surface area contributed by atoms with Crippen molar-refractivity contribution in [2.45, 2.75) is 64.3 Å². The molecule has 1 atom stereocenters. The summed E-state index contributed by atoms with van der Waals surface area (Å²) in [7, 11) is 0. The maximum absolute atomic E-state index is 5.59. The van der Waals surface area contributed by atoms with Gasteiger partial charge < -0.3 is 0 Å². The summed E-state index contributed by atoms with van der Waals surface area (Å²) in [5.74, 6) is 6.43. The number of hydrazine groups is 1. The maximum atomic E-state index is 5.59. The van der Waals surface area contributed by atoms with Crippen LogP contribution in [0.5, 0.6) is 0 Å². The van der Waals surface area contributed by atoms with Gasteiger partial charge in [-0.1, -0.05) is 39.0 Å². The van der Waals surface area contributed by atoms with E-state index in [4.69, 9.17) is 5.84 Å². The third kappa shape index (κ3) is 3.65. The standard InChI is InChI=1S/C11H24N2/c1-2-7-11(13-12)10-8-5-3-4-6-9-10/h10-11,13H,2-9,12H2,1H3. The van der Waals surface area contributed by atoms with Crippen molar-refractivity contribution < 1.29 is 0 Å². The van der Waals surface area contributed by atoms with E-state index in [0.717, 1.165) is 5.92 Å². The lowest BCUT2D eigenvalue weighted by Gasteiger charge is -2.24. The molecular weight excluding hydrogens is 160 g/mol. The van der Waals surface area contributed by atoms with Crippen LogP contribution in [0.1, 0.15) is 58.3 Å². The molecular formula is C11H24N2. The lowest BCUT2D eigenvalue weighted by atomic mass is 9.89. The van der Waals surface area contributed by atoms with Crippen molar-refractivity contribution in [3.63, 3.8) is 0 Å². The summed E-state index contributed by atoms with van der Waals surface area (Å²) in [6.45, 7) is 2.24. The lowest BCUT2D eigenvalue weighted by Crippen LogP contribution is -2.40. The SMILES string of the molecule is CCCC(NN)C1CCCCCC1. The van der Waals surface area contributed by atoms with Gasteiger partial charge in [0.15, 0.2) is 0 Å². The first-order valence-electron chi connectivity index (χ1n) is 5.84. The molecule has 1 unspecified atom stereocenters. The fraction of sp³-hybridized carbons (Fsp3) is 1.00. The van der Waals surface area contributed by atoms with Gasteiger partial charge in [0.1, 0.15) is 0 Å². The number of hydrogen-bond donors (Lipinski definition) is 2. The van der Waals surface area contributed by atoms with Crippen molar-refractivity contribution in [3.8, 4) is 0 Å². The molecule has 0 heterocycles. The Bertz CT molecular complexity index is 117. The number of nitrogens with one attached hydrogen (secondary N) is 1. The molecule has 0 radical (unpaired) electrons. The molecule has 0 bridgehead atoms. The zero-order valence-corrected chi connectivity index (χ0v) is 8.89. The van der Waals surface area contributed by atoms with Crippen LogP contribution in [0.25, 0.3) is 0 Å². The smallest absolute Gasteiger partial charge is 0.0238 e. The topological polar surface area (TPSA) is 38.0 Å². The second-order valence-electron chi connectivity index (χ2n) is 4.31. The van der Waals surface area contributed by atoms with E-state index in [1.165, 1.54) is 51.4 Å². The zero-order chi connectivity index (χ0) is 9.52. The molecule has 1 saturated carbocycles. The monoisotopic (exact) mass is 184 g/mol. The van der Waals surface area contributed by atoms with E-state index in [1.54, 1.807) is 0 Å². The van der Waals surface area contributed by atoms with E-state index in [9.17, 15) is 0 Å². The van der Waals surface area contributed by atoms with E-state index < -0.39 is 0 Å². The summed E-state index contributed by atoms with van der Waals surface area (Å²) in [5.41, 5.74) is 3.00. The summed E-state index contributed by atoms with van der Waals surface area (Å²) in [4.78, 5) is 0. The van der Waals surface area contributed by atoms with Crippen molar-refractivity contribution in [3.05, 3.63) is 0 Å². The normalized spacial score (nSPS) is 22.6. The van der Waals surface area contributed by atoms with Crippen LogP contribution in [0.3, 0.4) is 0 Å². The molecule has 2 heteroatoms. The van der Waals surface area contributed by atoms with Crippen LogP contribution in [-0.2, 0) is 0 Å². The van der Waals surface area contributed by atoms with Gasteiger partial charge in [0.2, 0.25) is 0 Å². The van der Waals surface area contributed by atoms with Crippen LogP contribution in [-0.4, -0.2) is 6.04 Å². The number of hydrogen-bond acceptors (Lipinski definition) is 2. The Kier molecular flexibility index (Phi) is 5.40. The lowest BCUT2D eigenvalue weighted by molar-refractivity contribution is 0.305. The number of nitrogens with two attached hydrogens (primary N) is 1. The highest BCUT2D eigenvalue weighted by atomic mass is 15.2. The average molecular weight is 184 g/mol. The van der Waals surface area contributed by atoms with Gasteiger partial charge in [0.05, 0.1) is 0 Å². The summed E-state index contributed by atoms with van der Waals surface area (Å²) in [6.07, 6.45) is 10.9. The molecule has 1 fully saturated rings. The molecule has 13 heavy (non-hydrogen) atoms. The van der Waals surface area contributed by atoms with Gasteiger partial charge in [-0.3, -0.25) is 11.3 Å². The van der Waals surface area contributed by atoms with Gasteiger partial charge in [0, 0.05) is 6.04 Å².